The maximum Gasteiger partial charge on any atom is 0.123 e. The lowest BCUT2D eigenvalue weighted by atomic mass is 9.73. The summed E-state index contributed by atoms with van der Waals surface area (Å²) in [4.78, 5) is 2.36. The van der Waals surface area contributed by atoms with Crippen LogP contribution in [0.15, 0.2) is 35.9 Å². The van der Waals surface area contributed by atoms with Gasteiger partial charge in [-0.05, 0) is 56.7 Å². The van der Waals surface area contributed by atoms with Gasteiger partial charge in [-0.1, -0.05) is 23.8 Å². The lowest BCUT2D eigenvalue weighted by Crippen LogP contribution is -2.37. The van der Waals surface area contributed by atoms with Gasteiger partial charge in [0.15, 0.2) is 0 Å². The number of aromatic hydroxyl groups is 2. The minimum absolute atomic E-state index is 0.00505. The Balaban J connectivity index is 1.80. The second-order valence-electron chi connectivity index (χ2n) is 7.78. The Morgan fingerprint density at radius 3 is 2.50 bits per heavy atom. The van der Waals surface area contributed by atoms with Crippen molar-refractivity contribution < 1.29 is 14.9 Å². The molecule has 0 spiro atoms. The van der Waals surface area contributed by atoms with E-state index in [4.69, 9.17) is 4.74 Å². The van der Waals surface area contributed by atoms with Gasteiger partial charge < -0.3 is 14.9 Å². The van der Waals surface area contributed by atoms with Crippen molar-refractivity contribution in [1.29, 1.82) is 0 Å². The summed E-state index contributed by atoms with van der Waals surface area (Å²) in [6.07, 6.45) is 5.06. The molecule has 142 valence electrons. The SMILES string of the molecule is C=C(C)[C@@H]1CCC(C)=C[C@H]1c1c(O)cc(CCN2CCOCC2)cc1O. The van der Waals surface area contributed by atoms with Gasteiger partial charge >= 0.3 is 0 Å². The van der Waals surface area contributed by atoms with Crippen LogP contribution in [0.25, 0.3) is 0 Å². The number of allylic oxidation sites excluding steroid dienone is 3. The fourth-order valence-electron chi connectivity index (χ4n) is 4.18. The van der Waals surface area contributed by atoms with Crippen LogP contribution in [0.1, 0.15) is 43.7 Å². The lowest BCUT2D eigenvalue weighted by Gasteiger charge is -2.31. The number of benzene rings is 1. The van der Waals surface area contributed by atoms with E-state index in [0.717, 1.165) is 63.2 Å². The molecule has 26 heavy (non-hydrogen) atoms. The Morgan fingerprint density at radius 1 is 1.23 bits per heavy atom. The topological polar surface area (TPSA) is 52.9 Å². The molecule has 4 nitrogen and oxygen atoms in total. The first-order chi connectivity index (χ1) is 12.5. The lowest BCUT2D eigenvalue weighted by molar-refractivity contribution is 0.0384. The molecule has 1 aromatic carbocycles. The highest BCUT2D eigenvalue weighted by atomic mass is 16.5. The molecular weight excluding hydrogens is 326 g/mol. The third-order valence-electron chi connectivity index (χ3n) is 5.73. The third kappa shape index (κ3) is 4.30. The van der Waals surface area contributed by atoms with E-state index >= 15 is 0 Å². The number of ether oxygens (including phenoxy) is 1. The first-order valence-electron chi connectivity index (χ1n) is 9.63. The average Bonchev–Trinajstić information content (AvgIpc) is 2.60. The highest BCUT2D eigenvalue weighted by molar-refractivity contribution is 5.51. The molecule has 4 heteroatoms. The molecule has 1 fully saturated rings. The molecular formula is C22H31NO3. The monoisotopic (exact) mass is 357 g/mol. The van der Waals surface area contributed by atoms with Crippen LogP contribution >= 0.6 is 0 Å². The number of phenolic OH excluding ortho intramolecular Hbond substituents is 2. The molecule has 3 rings (SSSR count). The molecule has 0 aromatic heterocycles. The Morgan fingerprint density at radius 2 is 1.88 bits per heavy atom. The van der Waals surface area contributed by atoms with Gasteiger partial charge in [0.1, 0.15) is 11.5 Å². The Hall–Kier alpha value is -1.78. The smallest absolute Gasteiger partial charge is 0.123 e. The van der Waals surface area contributed by atoms with Crippen LogP contribution < -0.4 is 0 Å². The maximum atomic E-state index is 10.7. The molecule has 2 atom stereocenters. The van der Waals surface area contributed by atoms with Crippen LogP contribution in [0, 0.1) is 5.92 Å². The van der Waals surface area contributed by atoms with Crippen molar-refractivity contribution in [2.24, 2.45) is 5.92 Å². The number of hydrogen-bond donors (Lipinski definition) is 2. The minimum atomic E-state index is -0.00505. The van der Waals surface area contributed by atoms with Crippen molar-refractivity contribution in [3.05, 3.63) is 47.1 Å². The molecule has 1 aliphatic heterocycles. The van der Waals surface area contributed by atoms with E-state index in [1.807, 2.05) is 19.1 Å². The predicted octanol–water partition coefficient (Wildman–Crippen LogP) is 3.99. The van der Waals surface area contributed by atoms with E-state index in [1.54, 1.807) is 0 Å². The number of hydrogen-bond acceptors (Lipinski definition) is 4. The van der Waals surface area contributed by atoms with Gasteiger partial charge in [-0.2, -0.15) is 0 Å². The van der Waals surface area contributed by atoms with Crippen molar-refractivity contribution >= 4 is 0 Å². The van der Waals surface area contributed by atoms with Crippen LogP contribution in [-0.2, 0) is 11.2 Å². The highest BCUT2D eigenvalue weighted by Gasteiger charge is 2.30. The van der Waals surface area contributed by atoms with E-state index in [2.05, 4.69) is 24.5 Å². The van der Waals surface area contributed by atoms with Gasteiger partial charge in [0.25, 0.3) is 0 Å². The van der Waals surface area contributed by atoms with Crippen molar-refractivity contribution in [2.75, 3.05) is 32.8 Å². The molecule has 2 N–H and O–H groups in total. The van der Waals surface area contributed by atoms with E-state index in [-0.39, 0.29) is 23.3 Å². The zero-order chi connectivity index (χ0) is 18.7. The number of nitrogens with zero attached hydrogens (tertiary/aromatic N) is 1. The molecule has 2 aliphatic rings. The van der Waals surface area contributed by atoms with Crippen molar-refractivity contribution in [2.45, 2.75) is 39.0 Å². The average molecular weight is 357 g/mol. The van der Waals surface area contributed by atoms with E-state index in [0.29, 0.717) is 5.56 Å². The van der Waals surface area contributed by atoms with E-state index < -0.39 is 0 Å². The van der Waals surface area contributed by atoms with Crippen molar-refractivity contribution in [1.82, 2.24) is 4.90 Å². The molecule has 0 saturated carbocycles. The zero-order valence-corrected chi connectivity index (χ0v) is 16.0. The van der Waals surface area contributed by atoms with Crippen LogP contribution in [0.5, 0.6) is 11.5 Å². The highest BCUT2D eigenvalue weighted by Crippen LogP contribution is 2.46. The van der Waals surface area contributed by atoms with E-state index in [9.17, 15) is 10.2 Å². The summed E-state index contributed by atoms with van der Waals surface area (Å²) in [5.74, 6) is 0.651. The summed E-state index contributed by atoms with van der Waals surface area (Å²) in [5, 5.41) is 21.4. The Kier molecular flexibility index (Phi) is 6.05. The van der Waals surface area contributed by atoms with Crippen molar-refractivity contribution in [3.63, 3.8) is 0 Å². The number of morpholine rings is 1. The minimum Gasteiger partial charge on any atom is -0.507 e. The summed E-state index contributed by atoms with van der Waals surface area (Å²) in [7, 11) is 0. The van der Waals surface area contributed by atoms with Crippen LogP contribution in [0.2, 0.25) is 0 Å². The van der Waals surface area contributed by atoms with Gasteiger partial charge in [-0.15, -0.1) is 0 Å². The normalized spacial score (nSPS) is 24.3. The molecule has 0 unspecified atom stereocenters. The van der Waals surface area contributed by atoms with Gasteiger partial charge in [0.2, 0.25) is 0 Å². The summed E-state index contributed by atoms with van der Waals surface area (Å²) in [5.41, 5.74) is 4.03. The van der Waals surface area contributed by atoms with Crippen LogP contribution in [-0.4, -0.2) is 48.0 Å². The molecule has 0 bridgehead atoms. The quantitative estimate of drug-likeness (QED) is 0.783. The molecule has 1 heterocycles. The zero-order valence-electron chi connectivity index (χ0n) is 16.0. The Bertz CT molecular complexity index is 666. The first-order valence-corrected chi connectivity index (χ1v) is 9.63. The molecule has 0 radical (unpaired) electrons. The summed E-state index contributed by atoms with van der Waals surface area (Å²) < 4.78 is 5.38. The fraction of sp³-hybridized carbons (Fsp3) is 0.545. The van der Waals surface area contributed by atoms with Crippen LogP contribution in [0.3, 0.4) is 0 Å². The largest absolute Gasteiger partial charge is 0.507 e. The third-order valence-corrected chi connectivity index (χ3v) is 5.73. The van der Waals surface area contributed by atoms with Gasteiger partial charge in [0.05, 0.1) is 13.2 Å². The first kappa shape index (κ1) is 19.0. The van der Waals surface area contributed by atoms with Crippen molar-refractivity contribution in [3.8, 4) is 11.5 Å². The molecule has 0 amide bonds. The second kappa shape index (κ2) is 8.28. The van der Waals surface area contributed by atoms with Gasteiger partial charge in [0, 0.05) is 31.1 Å². The summed E-state index contributed by atoms with van der Waals surface area (Å²) in [6.45, 7) is 12.7. The fourth-order valence-corrected chi connectivity index (χ4v) is 4.18. The standard InChI is InChI=1S/C22H31NO3/c1-15(2)18-5-4-16(3)12-19(18)22-20(24)13-17(14-21(22)25)6-7-23-8-10-26-11-9-23/h12-14,18-19,24-25H,1,4-11H2,2-3H3/t18-,19+/m0/s1. The number of rotatable bonds is 5. The molecule has 1 aliphatic carbocycles. The van der Waals surface area contributed by atoms with E-state index in [1.165, 1.54) is 5.57 Å². The maximum absolute atomic E-state index is 10.7. The van der Waals surface area contributed by atoms with Gasteiger partial charge in [-0.3, -0.25) is 4.90 Å². The van der Waals surface area contributed by atoms with Gasteiger partial charge in [-0.25, -0.2) is 0 Å². The predicted molar refractivity (Wildman–Crippen MR) is 105 cm³/mol. The second-order valence-corrected chi connectivity index (χ2v) is 7.78. The number of phenols is 2. The Labute approximate surface area is 156 Å². The molecule has 1 aromatic rings. The summed E-state index contributed by atoms with van der Waals surface area (Å²) in [6, 6.07) is 3.64. The molecule has 1 saturated heterocycles. The van der Waals surface area contributed by atoms with Crippen LogP contribution in [0.4, 0.5) is 0 Å². The summed E-state index contributed by atoms with van der Waals surface area (Å²) >= 11 is 0.